The van der Waals surface area contributed by atoms with E-state index < -0.39 is 5.90 Å². The quantitative estimate of drug-likeness (QED) is 0.742. The third-order valence-electron chi connectivity index (χ3n) is 2.70. The SMILES string of the molecule is CS[PH](=S)C(c1ccccc1)c1ccccc1. The van der Waals surface area contributed by atoms with Crippen molar-refractivity contribution in [3.63, 3.8) is 0 Å². The van der Waals surface area contributed by atoms with E-state index in [1.807, 2.05) is 11.4 Å². The first-order chi connectivity index (χ1) is 8.33. The predicted molar refractivity (Wildman–Crippen MR) is 83.9 cm³/mol. The van der Waals surface area contributed by atoms with Gasteiger partial charge in [0.1, 0.15) is 0 Å². The Kier molecular flexibility index (Phi) is 4.85. The van der Waals surface area contributed by atoms with Crippen LogP contribution in [0.2, 0.25) is 0 Å². The molecule has 1 unspecified atom stereocenters. The average molecular weight is 278 g/mol. The molecule has 0 radical (unpaired) electrons. The smallest absolute Gasteiger partial charge is 0.0442 e. The van der Waals surface area contributed by atoms with Gasteiger partial charge in [-0.05, 0) is 17.4 Å². The zero-order valence-corrected chi connectivity index (χ0v) is 12.3. The molecule has 0 fully saturated rings. The molecule has 0 aliphatic rings. The molecular weight excluding hydrogens is 263 g/mol. The van der Waals surface area contributed by atoms with E-state index in [1.165, 1.54) is 11.1 Å². The minimum atomic E-state index is -0.872. The van der Waals surface area contributed by atoms with E-state index in [4.69, 9.17) is 11.8 Å². The second-order valence-electron chi connectivity index (χ2n) is 3.78. The number of hydrogen-bond acceptors (Lipinski definition) is 2. The highest BCUT2D eigenvalue weighted by molar-refractivity contribution is 8.64. The zero-order valence-electron chi connectivity index (χ0n) is 9.67. The molecule has 2 aromatic carbocycles. The minimum Gasteiger partial charge on any atom is -0.129 e. The van der Waals surface area contributed by atoms with Gasteiger partial charge in [0.2, 0.25) is 0 Å². The molecule has 88 valence electrons. The summed E-state index contributed by atoms with van der Waals surface area (Å²) in [4.78, 5) is 0. The van der Waals surface area contributed by atoms with Crippen LogP contribution >= 0.6 is 17.3 Å². The van der Waals surface area contributed by atoms with Gasteiger partial charge < -0.3 is 0 Å². The molecule has 0 bridgehead atoms. The van der Waals surface area contributed by atoms with Gasteiger partial charge in [-0.1, -0.05) is 72.5 Å². The van der Waals surface area contributed by atoms with Gasteiger partial charge in [0.15, 0.2) is 0 Å². The van der Waals surface area contributed by atoms with Crippen LogP contribution in [0.1, 0.15) is 16.8 Å². The molecule has 0 nitrogen and oxygen atoms in total. The maximum absolute atomic E-state index is 5.69. The Morgan fingerprint density at radius 1 is 0.882 bits per heavy atom. The highest BCUT2D eigenvalue weighted by atomic mass is 32.9. The largest absolute Gasteiger partial charge is 0.129 e. The van der Waals surface area contributed by atoms with Gasteiger partial charge >= 0.3 is 0 Å². The Balaban J connectivity index is 2.43. The van der Waals surface area contributed by atoms with Gasteiger partial charge in [-0.3, -0.25) is 0 Å². The summed E-state index contributed by atoms with van der Waals surface area (Å²) >= 11 is 7.53. The summed E-state index contributed by atoms with van der Waals surface area (Å²) in [6.45, 7) is 0. The Morgan fingerprint density at radius 3 is 1.65 bits per heavy atom. The first-order valence-electron chi connectivity index (χ1n) is 5.50. The van der Waals surface area contributed by atoms with Crippen molar-refractivity contribution in [1.82, 2.24) is 0 Å². The molecular formula is C14H15PS2. The van der Waals surface area contributed by atoms with Crippen molar-refractivity contribution < 1.29 is 0 Å². The van der Waals surface area contributed by atoms with Crippen LogP contribution in [0.25, 0.3) is 0 Å². The molecule has 0 aliphatic carbocycles. The number of benzene rings is 2. The number of rotatable bonds is 4. The lowest BCUT2D eigenvalue weighted by Gasteiger charge is -2.18. The third-order valence-corrected chi connectivity index (χ3v) is 8.36. The van der Waals surface area contributed by atoms with Crippen LogP contribution in [0.4, 0.5) is 0 Å². The molecule has 0 spiro atoms. The van der Waals surface area contributed by atoms with E-state index in [0.29, 0.717) is 5.66 Å². The first-order valence-corrected chi connectivity index (χ1v) is 10.2. The lowest BCUT2D eigenvalue weighted by molar-refractivity contribution is 1.16. The molecule has 17 heavy (non-hydrogen) atoms. The van der Waals surface area contributed by atoms with Crippen molar-refractivity contribution in [2.45, 2.75) is 5.66 Å². The predicted octanol–water partition coefficient (Wildman–Crippen LogP) is 4.73. The topological polar surface area (TPSA) is 0 Å². The van der Waals surface area contributed by atoms with Crippen LogP contribution in [0, 0.1) is 0 Å². The summed E-state index contributed by atoms with van der Waals surface area (Å²) in [7, 11) is 0. The molecule has 0 saturated carbocycles. The summed E-state index contributed by atoms with van der Waals surface area (Å²) in [5, 5.41) is 0. The van der Waals surface area contributed by atoms with Gasteiger partial charge in [0.25, 0.3) is 0 Å². The van der Waals surface area contributed by atoms with Gasteiger partial charge in [0.05, 0.1) is 0 Å². The summed E-state index contributed by atoms with van der Waals surface area (Å²) in [5.41, 5.74) is 3.08. The normalized spacial score (nSPS) is 12.6. The lowest BCUT2D eigenvalue weighted by atomic mass is 10.0. The summed E-state index contributed by atoms with van der Waals surface area (Å²) < 4.78 is 0. The monoisotopic (exact) mass is 278 g/mol. The van der Waals surface area contributed by atoms with E-state index in [2.05, 4.69) is 66.9 Å². The van der Waals surface area contributed by atoms with Crippen LogP contribution in [0.15, 0.2) is 60.7 Å². The highest BCUT2D eigenvalue weighted by Crippen LogP contribution is 2.53. The fourth-order valence-electron chi connectivity index (χ4n) is 1.87. The van der Waals surface area contributed by atoms with Gasteiger partial charge in [0, 0.05) is 11.6 Å². The van der Waals surface area contributed by atoms with E-state index in [-0.39, 0.29) is 0 Å². The van der Waals surface area contributed by atoms with E-state index in [1.54, 1.807) is 0 Å². The molecule has 3 heteroatoms. The van der Waals surface area contributed by atoms with Crippen LogP contribution in [-0.4, -0.2) is 6.26 Å². The Hall–Kier alpha value is -0.560. The molecule has 2 rings (SSSR count). The van der Waals surface area contributed by atoms with Gasteiger partial charge in [-0.2, -0.15) is 0 Å². The Morgan fingerprint density at radius 2 is 1.29 bits per heavy atom. The summed E-state index contributed by atoms with van der Waals surface area (Å²) in [5.74, 6) is -0.872. The zero-order chi connectivity index (χ0) is 12.1. The van der Waals surface area contributed by atoms with Crippen LogP contribution < -0.4 is 0 Å². The van der Waals surface area contributed by atoms with Crippen molar-refractivity contribution in [3.8, 4) is 0 Å². The molecule has 0 aliphatic heterocycles. The highest BCUT2D eigenvalue weighted by Gasteiger charge is 2.16. The molecule has 0 saturated heterocycles. The van der Waals surface area contributed by atoms with Crippen molar-refractivity contribution >= 4 is 29.1 Å². The van der Waals surface area contributed by atoms with Crippen molar-refractivity contribution in [1.29, 1.82) is 0 Å². The Bertz CT molecular complexity index is 443. The summed E-state index contributed by atoms with van der Waals surface area (Å²) in [6, 6.07) is 21.2. The van der Waals surface area contributed by atoms with Crippen molar-refractivity contribution in [2.75, 3.05) is 6.26 Å². The second-order valence-corrected chi connectivity index (χ2v) is 10.0. The third kappa shape index (κ3) is 3.22. The van der Waals surface area contributed by atoms with E-state index in [0.717, 1.165) is 0 Å². The standard InChI is InChI=1S/C14H15PS2/c1-17-15(16)14(12-8-4-2-5-9-12)13-10-6-3-7-11-13/h2-11,14-15H,1H3. The molecule has 1 atom stereocenters. The fourth-order valence-corrected chi connectivity index (χ4v) is 5.38. The summed E-state index contributed by atoms with van der Waals surface area (Å²) in [6.07, 6.45) is 2.13. The Labute approximate surface area is 113 Å². The molecule has 0 N–H and O–H groups in total. The molecule has 0 amide bonds. The van der Waals surface area contributed by atoms with E-state index in [9.17, 15) is 0 Å². The average Bonchev–Trinajstić information content (AvgIpc) is 2.41. The maximum atomic E-state index is 5.69. The maximum Gasteiger partial charge on any atom is 0.0442 e. The van der Waals surface area contributed by atoms with Gasteiger partial charge in [-0.25, -0.2) is 0 Å². The van der Waals surface area contributed by atoms with Crippen LogP contribution in [0.3, 0.4) is 0 Å². The van der Waals surface area contributed by atoms with Crippen molar-refractivity contribution in [3.05, 3.63) is 71.8 Å². The molecule has 0 heterocycles. The van der Waals surface area contributed by atoms with Crippen molar-refractivity contribution in [2.24, 2.45) is 0 Å². The first kappa shape index (κ1) is 12.9. The molecule has 0 aromatic heterocycles. The minimum absolute atomic E-state index is 0.396. The fraction of sp³-hybridized carbons (Fsp3) is 0.143. The second kappa shape index (κ2) is 6.39. The van der Waals surface area contributed by atoms with Crippen LogP contribution in [0.5, 0.6) is 0 Å². The van der Waals surface area contributed by atoms with Gasteiger partial charge in [-0.15, -0.1) is 11.4 Å². The van der Waals surface area contributed by atoms with Crippen LogP contribution in [-0.2, 0) is 11.8 Å². The number of hydrogen-bond donors (Lipinski definition) is 0. The van der Waals surface area contributed by atoms with E-state index >= 15 is 0 Å². The lowest BCUT2D eigenvalue weighted by Crippen LogP contribution is -1.94. The molecule has 2 aromatic rings.